The summed E-state index contributed by atoms with van der Waals surface area (Å²) in [5.41, 5.74) is 2.65. The Labute approximate surface area is 101 Å². The molecule has 0 fully saturated rings. The van der Waals surface area contributed by atoms with Crippen LogP contribution in [0.3, 0.4) is 0 Å². The minimum absolute atomic E-state index is 0.285. The van der Waals surface area contributed by atoms with Gasteiger partial charge in [0.25, 0.3) is 0 Å². The first-order chi connectivity index (χ1) is 7.85. The second-order valence-corrected chi connectivity index (χ2v) is 3.86. The number of aryl methyl sites for hydroxylation is 1. The predicted molar refractivity (Wildman–Crippen MR) is 64.1 cm³/mol. The maximum Gasteiger partial charge on any atom is 0.115 e. The first-order valence-corrected chi connectivity index (χ1v) is 6.07. The molecule has 0 aliphatic heterocycles. The minimum Gasteiger partial charge on any atom is -0.269 e. The Kier molecular flexibility index (Phi) is 3.66. The summed E-state index contributed by atoms with van der Waals surface area (Å²) in [5, 5.41) is 5.01. The summed E-state index contributed by atoms with van der Waals surface area (Å²) in [6, 6.07) is 5.67. The smallest absolute Gasteiger partial charge is 0.115 e. The van der Waals surface area contributed by atoms with Crippen LogP contribution < -0.4 is 0 Å². The normalized spacial score (nSPS) is 10.6. The average Bonchev–Trinajstić information content (AvgIpc) is 2.74. The molecule has 0 saturated carbocycles. The van der Waals surface area contributed by atoms with Crippen molar-refractivity contribution in [3.8, 4) is 11.4 Å². The first-order valence-electron chi connectivity index (χ1n) is 4.95. The van der Waals surface area contributed by atoms with Crippen LogP contribution in [-0.4, -0.2) is 21.4 Å². The Bertz CT molecular complexity index is 456. The number of halogens is 2. The molecule has 2 aromatic heterocycles. The lowest BCUT2D eigenvalue weighted by Gasteiger charge is -1.97. The molecule has 0 aliphatic rings. The second-order valence-electron chi connectivity index (χ2n) is 3.30. The Balaban J connectivity index is 2.39. The van der Waals surface area contributed by atoms with Crippen LogP contribution in [0.4, 0.5) is 4.39 Å². The lowest BCUT2D eigenvalue weighted by atomic mass is 10.2. The first kappa shape index (κ1) is 11.3. The molecular formula is C11H11BrFN3. The van der Waals surface area contributed by atoms with Crippen molar-refractivity contribution in [3.05, 3.63) is 36.2 Å². The van der Waals surface area contributed by atoms with E-state index in [1.807, 2.05) is 24.4 Å². The van der Waals surface area contributed by atoms with Gasteiger partial charge >= 0.3 is 0 Å². The molecule has 3 nitrogen and oxygen atoms in total. The molecule has 0 radical (unpaired) electrons. The maximum absolute atomic E-state index is 12.2. The summed E-state index contributed by atoms with van der Waals surface area (Å²) >= 11 is 3.40. The van der Waals surface area contributed by atoms with E-state index in [4.69, 9.17) is 0 Å². The van der Waals surface area contributed by atoms with Gasteiger partial charge in [0.05, 0.1) is 12.2 Å². The Morgan fingerprint density at radius 3 is 2.88 bits per heavy atom. The summed E-state index contributed by atoms with van der Waals surface area (Å²) in [4.78, 5) is 4.24. The van der Waals surface area contributed by atoms with E-state index in [0.717, 1.165) is 17.0 Å². The second kappa shape index (κ2) is 5.21. The van der Waals surface area contributed by atoms with Crippen LogP contribution >= 0.6 is 15.9 Å². The van der Waals surface area contributed by atoms with Crippen molar-refractivity contribution in [3.63, 3.8) is 0 Å². The maximum atomic E-state index is 12.2. The number of aromatic nitrogens is 3. The van der Waals surface area contributed by atoms with Crippen molar-refractivity contribution in [1.29, 1.82) is 0 Å². The molecule has 0 N–H and O–H groups in total. The van der Waals surface area contributed by atoms with Gasteiger partial charge in [0.2, 0.25) is 0 Å². The molecule has 0 atom stereocenters. The molecule has 0 saturated heterocycles. The molecule has 0 spiro atoms. The molecule has 0 aliphatic carbocycles. The van der Waals surface area contributed by atoms with E-state index in [1.54, 1.807) is 10.9 Å². The third kappa shape index (κ3) is 2.29. The van der Waals surface area contributed by atoms with E-state index in [2.05, 4.69) is 26.0 Å². The Hall–Kier alpha value is -1.23. The molecule has 0 aromatic carbocycles. The molecule has 0 amide bonds. The van der Waals surface area contributed by atoms with Gasteiger partial charge in [-0.05, 0) is 12.1 Å². The van der Waals surface area contributed by atoms with Gasteiger partial charge in [-0.25, -0.2) is 4.39 Å². The molecule has 84 valence electrons. The summed E-state index contributed by atoms with van der Waals surface area (Å²) < 4.78 is 13.8. The van der Waals surface area contributed by atoms with E-state index in [-0.39, 0.29) is 6.54 Å². The van der Waals surface area contributed by atoms with Gasteiger partial charge in [-0.15, -0.1) is 0 Å². The Morgan fingerprint density at radius 1 is 1.38 bits per heavy atom. The van der Waals surface area contributed by atoms with E-state index < -0.39 is 6.67 Å². The number of hydrogen-bond donors (Lipinski definition) is 0. The fourth-order valence-corrected chi connectivity index (χ4v) is 1.89. The molecule has 2 heterocycles. The number of pyridine rings is 1. The highest BCUT2D eigenvalue weighted by molar-refractivity contribution is 9.08. The quantitative estimate of drug-likeness (QED) is 0.808. The number of rotatable bonds is 4. The SMILES string of the molecule is FCCn1cc(CBr)c(-c2ccccn2)n1. The summed E-state index contributed by atoms with van der Waals surface area (Å²) in [6.45, 7) is -0.127. The molecule has 5 heteroatoms. The summed E-state index contributed by atoms with van der Waals surface area (Å²) in [6.07, 6.45) is 3.57. The molecule has 16 heavy (non-hydrogen) atoms. The number of hydrogen-bond acceptors (Lipinski definition) is 2. The average molecular weight is 284 g/mol. The van der Waals surface area contributed by atoms with Crippen LogP contribution in [0.25, 0.3) is 11.4 Å². The highest BCUT2D eigenvalue weighted by atomic mass is 79.9. The van der Waals surface area contributed by atoms with Crippen LogP contribution in [0.2, 0.25) is 0 Å². The van der Waals surface area contributed by atoms with Crippen LogP contribution in [-0.2, 0) is 11.9 Å². The molecule has 0 bridgehead atoms. The van der Waals surface area contributed by atoms with Gasteiger partial charge in [0.1, 0.15) is 12.4 Å². The topological polar surface area (TPSA) is 30.7 Å². The van der Waals surface area contributed by atoms with Gasteiger partial charge in [0, 0.05) is 23.3 Å². The van der Waals surface area contributed by atoms with E-state index in [9.17, 15) is 4.39 Å². The van der Waals surface area contributed by atoms with Gasteiger partial charge < -0.3 is 0 Å². The van der Waals surface area contributed by atoms with Crippen molar-refractivity contribution in [2.45, 2.75) is 11.9 Å². The van der Waals surface area contributed by atoms with E-state index in [0.29, 0.717) is 5.33 Å². The predicted octanol–water partition coefficient (Wildman–Crippen LogP) is 2.81. The molecule has 2 rings (SSSR count). The van der Waals surface area contributed by atoms with Crippen molar-refractivity contribution in [2.24, 2.45) is 0 Å². The highest BCUT2D eigenvalue weighted by Gasteiger charge is 2.10. The molecule has 2 aromatic rings. The van der Waals surface area contributed by atoms with Crippen LogP contribution in [0, 0.1) is 0 Å². The molecular weight excluding hydrogens is 273 g/mol. The van der Waals surface area contributed by atoms with Crippen molar-refractivity contribution in [2.75, 3.05) is 6.67 Å². The third-order valence-corrected chi connectivity index (χ3v) is 2.81. The number of alkyl halides is 2. The largest absolute Gasteiger partial charge is 0.269 e. The summed E-state index contributed by atoms with van der Waals surface area (Å²) in [7, 11) is 0. The van der Waals surface area contributed by atoms with Crippen LogP contribution in [0.15, 0.2) is 30.6 Å². The molecule has 0 unspecified atom stereocenters. The van der Waals surface area contributed by atoms with Crippen LogP contribution in [0.1, 0.15) is 5.56 Å². The fourth-order valence-electron chi connectivity index (χ4n) is 1.48. The zero-order valence-corrected chi connectivity index (χ0v) is 10.2. The fraction of sp³-hybridized carbons (Fsp3) is 0.273. The van der Waals surface area contributed by atoms with Crippen molar-refractivity contribution in [1.82, 2.24) is 14.8 Å². The van der Waals surface area contributed by atoms with Crippen molar-refractivity contribution >= 4 is 15.9 Å². The minimum atomic E-state index is -0.412. The Morgan fingerprint density at radius 2 is 2.25 bits per heavy atom. The van der Waals surface area contributed by atoms with Gasteiger partial charge in [-0.1, -0.05) is 22.0 Å². The summed E-state index contributed by atoms with van der Waals surface area (Å²) in [5.74, 6) is 0. The highest BCUT2D eigenvalue weighted by Crippen LogP contribution is 2.21. The standard InChI is InChI=1S/C11H11BrFN3/c12-7-9-8-16(6-4-13)15-11(9)10-3-1-2-5-14-10/h1-3,5,8H,4,6-7H2. The van der Waals surface area contributed by atoms with Crippen LogP contribution in [0.5, 0.6) is 0 Å². The number of nitrogens with zero attached hydrogens (tertiary/aromatic N) is 3. The van der Waals surface area contributed by atoms with Gasteiger partial charge in [-0.3, -0.25) is 9.67 Å². The van der Waals surface area contributed by atoms with E-state index >= 15 is 0 Å². The monoisotopic (exact) mass is 283 g/mol. The lowest BCUT2D eigenvalue weighted by molar-refractivity contribution is 0.427. The van der Waals surface area contributed by atoms with Gasteiger partial charge in [0.15, 0.2) is 0 Å². The van der Waals surface area contributed by atoms with Gasteiger partial charge in [-0.2, -0.15) is 5.10 Å². The van der Waals surface area contributed by atoms with Crippen molar-refractivity contribution < 1.29 is 4.39 Å². The third-order valence-electron chi connectivity index (χ3n) is 2.20. The van der Waals surface area contributed by atoms with E-state index in [1.165, 1.54) is 0 Å². The lowest BCUT2D eigenvalue weighted by Crippen LogP contribution is -1.99. The zero-order chi connectivity index (χ0) is 11.4. The zero-order valence-electron chi connectivity index (χ0n) is 8.61.